The quantitative estimate of drug-likeness (QED) is 0.380. The average molecular weight is 334 g/mol. The molecule has 0 aliphatic heterocycles. The molecule has 0 radical (unpaired) electrons. The van der Waals surface area contributed by atoms with Gasteiger partial charge in [-0.05, 0) is 12.8 Å². The Morgan fingerprint density at radius 1 is 0.500 bits per heavy atom. The van der Waals surface area contributed by atoms with E-state index in [1.807, 2.05) is 0 Å². The van der Waals surface area contributed by atoms with Gasteiger partial charge in [-0.2, -0.15) is 0 Å². The molecule has 0 saturated carbocycles. The summed E-state index contributed by atoms with van der Waals surface area (Å²) in [5.41, 5.74) is 0. The molecule has 0 aromatic rings. The van der Waals surface area contributed by atoms with Crippen LogP contribution < -0.4 is 0 Å². The summed E-state index contributed by atoms with van der Waals surface area (Å²) >= 11 is 0. The minimum Gasteiger partial charge on any atom is -0.481 e. The van der Waals surface area contributed by atoms with Gasteiger partial charge in [-0.15, -0.1) is 23.7 Å². The van der Waals surface area contributed by atoms with Crippen molar-refractivity contribution >= 4 is 11.9 Å². The van der Waals surface area contributed by atoms with E-state index in [1.165, 1.54) is 38.5 Å². The SMILES string of the molecule is O=C(O)CCC#CCCCCCCCCCCC#CCCC(=O)O. The summed E-state index contributed by atoms with van der Waals surface area (Å²) in [4.78, 5) is 20.6. The first kappa shape index (κ1) is 22.1. The van der Waals surface area contributed by atoms with Crippen LogP contribution in [0, 0.1) is 23.7 Å². The van der Waals surface area contributed by atoms with Crippen LogP contribution in [0.2, 0.25) is 0 Å². The van der Waals surface area contributed by atoms with Crippen molar-refractivity contribution in [2.24, 2.45) is 0 Å². The van der Waals surface area contributed by atoms with E-state index in [0.717, 1.165) is 25.7 Å². The van der Waals surface area contributed by atoms with Crippen molar-refractivity contribution in [1.29, 1.82) is 0 Å². The van der Waals surface area contributed by atoms with Crippen molar-refractivity contribution in [3.8, 4) is 23.7 Å². The standard InChI is InChI=1S/C20H30O4/c21-19(22)17-15-13-11-9-7-5-3-1-2-4-6-8-10-12-14-16-18-20(23)24/h1-10,15-18H2,(H,21,22)(H,23,24). The van der Waals surface area contributed by atoms with Gasteiger partial charge in [0.25, 0.3) is 0 Å². The summed E-state index contributed by atoms with van der Waals surface area (Å²) < 4.78 is 0. The maximum absolute atomic E-state index is 10.3. The fraction of sp³-hybridized carbons (Fsp3) is 0.700. The topological polar surface area (TPSA) is 74.6 Å². The lowest BCUT2D eigenvalue weighted by Crippen LogP contribution is -1.91. The van der Waals surface area contributed by atoms with E-state index in [0.29, 0.717) is 12.8 Å². The molecule has 0 aromatic heterocycles. The second-order valence-corrected chi connectivity index (χ2v) is 5.82. The first-order chi connectivity index (χ1) is 11.6. The molecule has 0 rings (SSSR count). The second kappa shape index (κ2) is 17.4. The highest BCUT2D eigenvalue weighted by atomic mass is 16.4. The summed E-state index contributed by atoms with van der Waals surface area (Å²) in [6, 6.07) is 0. The van der Waals surface area contributed by atoms with Gasteiger partial charge in [-0.25, -0.2) is 0 Å². The number of hydrogen-bond acceptors (Lipinski definition) is 2. The second-order valence-electron chi connectivity index (χ2n) is 5.82. The Labute approximate surface area is 146 Å². The first-order valence-electron chi connectivity index (χ1n) is 8.98. The van der Waals surface area contributed by atoms with Crippen LogP contribution in [0.15, 0.2) is 0 Å². The zero-order chi connectivity index (χ0) is 17.9. The third kappa shape index (κ3) is 20.1. The molecule has 0 aromatic carbocycles. The summed E-state index contributed by atoms with van der Waals surface area (Å²) in [6.45, 7) is 0. The molecule has 0 heterocycles. The fourth-order valence-electron chi connectivity index (χ4n) is 2.18. The van der Waals surface area contributed by atoms with Gasteiger partial charge in [-0.1, -0.05) is 38.5 Å². The minimum absolute atomic E-state index is 0.140. The summed E-state index contributed by atoms with van der Waals surface area (Å²) in [6.07, 6.45) is 12.6. The predicted octanol–water partition coefficient (Wildman–Crippen LogP) is 4.62. The number of carboxylic acids is 2. The van der Waals surface area contributed by atoms with Crippen molar-refractivity contribution in [2.75, 3.05) is 0 Å². The van der Waals surface area contributed by atoms with E-state index in [2.05, 4.69) is 23.7 Å². The Morgan fingerprint density at radius 3 is 1.12 bits per heavy atom. The van der Waals surface area contributed by atoms with Crippen molar-refractivity contribution in [3.63, 3.8) is 0 Å². The smallest absolute Gasteiger partial charge is 0.304 e. The monoisotopic (exact) mass is 334 g/mol. The van der Waals surface area contributed by atoms with Gasteiger partial charge in [0.2, 0.25) is 0 Å². The molecule has 4 nitrogen and oxygen atoms in total. The van der Waals surface area contributed by atoms with Crippen LogP contribution in [-0.2, 0) is 9.59 Å². The van der Waals surface area contributed by atoms with Crippen molar-refractivity contribution < 1.29 is 19.8 Å². The van der Waals surface area contributed by atoms with Crippen molar-refractivity contribution in [2.45, 2.75) is 89.9 Å². The Balaban J connectivity index is 3.20. The van der Waals surface area contributed by atoms with Gasteiger partial charge in [0, 0.05) is 25.7 Å². The van der Waals surface area contributed by atoms with E-state index in [-0.39, 0.29) is 12.8 Å². The van der Waals surface area contributed by atoms with E-state index in [9.17, 15) is 9.59 Å². The van der Waals surface area contributed by atoms with Crippen LogP contribution in [-0.4, -0.2) is 22.2 Å². The molecule has 0 unspecified atom stereocenters. The summed E-state index contributed by atoms with van der Waals surface area (Å²) in [7, 11) is 0. The molecule has 0 saturated heterocycles. The van der Waals surface area contributed by atoms with Crippen LogP contribution in [0.4, 0.5) is 0 Å². The van der Waals surface area contributed by atoms with Crippen molar-refractivity contribution in [3.05, 3.63) is 0 Å². The number of unbranched alkanes of at least 4 members (excludes halogenated alkanes) is 9. The molecule has 0 aliphatic rings. The highest BCUT2D eigenvalue weighted by molar-refractivity contribution is 5.67. The number of rotatable bonds is 13. The van der Waals surface area contributed by atoms with Gasteiger partial charge in [0.1, 0.15) is 0 Å². The Kier molecular flexibility index (Phi) is 16.0. The molecule has 2 N–H and O–H groups in total. The van der Waals surface area contributed by atoms with E-state index in [4.69, 9.17) is 10.2 Å². The van der Waals surface area contributed by atoms with E-state index < -0.39 is 11.9 Å². The number of carboxylic acid groups (broad SMARTS) is 2. The molecule has 0 atom stereocenters. The molecule has 134 valence electrons. The average Bonchev–Trinajstić information content (AvgIpc) is 2.53. The fourth-order valence-corrected chi connectivity index (χ4v) is 2.18. The Morgan fingerprint density at radius 2 is 0.792 bits per heavy atom. The lowest BCUT2D eigenvalue weighted by atomic mass is 10.1. The molecule has 0 spiro atoms. The Hall–Kier alpha value is -1.94. The van der Waals surface area contributed by atoms with Gasteiger partial charge in [0.05, 0.1) is 12.8 Å². The van der Waals surface area contributed by atoms with E-state index in [1.54, 1.807) is 0 Å². The van der Waals surface area contributed by atoms with Crippen LogP contribution >= 0.6 is 0 Å². The maximum Gasteiger partial charge on any atom is 0.304 e. The molecule has 24 heavy (non-hydrogen) atoms. The van der Waals surface area contributed by atoms with Crippen LogP contribution in [0.3, 0.4) is 0 Å². The number of carbonyl (C=O) groups is 2. The minimum atomic E-state index is -0.783. The molecule has 0 aliphatic carbocycles. The molecule has 4 heteroatoms. The number of aliphatic carboxylic acids is 2. The van der Waals surface area contributed by atoms with Crippen LogP contribution in [0.25, 0.3) is 0 Å². The zero-order valence-electron chi connectivity index (χ0n) is 14.6. The zero-order valence-corrected chi connectivity index (χ0v) is 14.6. The first-order valence-corrected chi connectivity index (χ1v) is 8.98. The third-order valence-corrected chi connectivity index (χ3v) is 3.53. The highest BCUT2D eigenvalue weighted by Crippen LogP contribution is 2.10. The highest BCUT2D eigenvalue weighted by Gasteiger charge is 1.93. The van der Waals surface area contributed by atoms with E-state index >= 15 is 0 Å². The molecule has 0 amide bonds. The molecule has 0 fully saturated rings. The van der Waals surface area contributed by atoms with Crippen LogP contribution in [0.1, 0.15) is 89.9 Å². The molecular weight excluding hydrogens is 304 g/mol. The van der Waals surface area contributed by atoms with Crippen LogP contribution in [0.5, 0.6) is 0 Å². The lowest BCUT2D eigenvalue weighted by Gasteiger charge is -2.00. The Bertz CT molecular complexity index is 416. The lowest BCUT2D eigenvalue weighted by molar-refractivity contribution is -0.137. The van der Waals surface area contributed by atoms with Gasteiger partial charge in [0.15, 0.2) is 0 Å². The largest absolute Gasteiger partial charge is 0.481 e. The third-order valence-electron chi connectivity index (χ3n) is 3.53. The van der Waals surface area contributed by atoms with Gasteiger partial charge in [-0.3, -0.25) is 9.59 Å². The summed E-state index contributed by atoms with van der Waals surface area (Å²) in [5, 5.41) is 16.9. The predicted molar refractivity (Wildman–Crippen MR) is 95.5 cm³/mol. The molecular formula is C20H30O4. The normalized spacial score (nSPS) is 9.50. The van der Waals surface area contributed by atoms with Gasteiger partial charge >= 0.3 is 11.9 Å². The van der Waals surface area contributed by atoms with Gasteiger partial charge < -0.3 is 10.2 Å². The number of hydrogen-bond donors (Lipinski definition) is 2. The molecule has 0 bridgehead atoms. The van der Waals surface area contributed by atoms with Crippen molar-refractivity contribution in [1.82, 2.24) is 0 Å². The maximum atomic E-state index is 10.3. The summed E-state index contributed by atoms with van der Waals surface area (Å²) in [5.74, 6) is 10.3.